The molecule has 8 heteroatoms. The van der Waals surface area contributed by atoms with E-state index in [0.29, 0.717) is 22.8 Å². The van der Waals surface area contributed by atoms with E-state index in [-0.39, 0.29) is 16.1 Å². The third kappa shape index (κ3) is 4.97. The highest BCUT2D eigenvalue weighted by atomic mass is 35.5. The summed E-state index contributed by atoms with van der Waals surface area (Å²) in [5.41, 5.74) is 1.25. The summed E-state index contributed by atoms with van der Waals surface area (Å²) in [6.45, 7) is 7.05. The highest BCUT2D eigenvalue weighted by molar-refractivity contribution is 7.92. The van der Waals surface area contributed by atoms with Gasteiger partial charge in [0.25, 0.3) is 10.0 Å². The fraction of sp³-hybridized carbons (Fsp3) is 0.350. The van der Waals surface area contributed by atoms with Crippen LogP contribution in [-0.2, 0) is 10.0 Å². The van der Waals surface area contributed by atoms with Gasteiger partial charge < -0.3 is 10.0 Å². The first-order chi connectivity index (χ1) is 13.2. The zero-order valence-corrected chi connectivity index (χ0v) is 17.8. The molecule has 0 heterocycles. The summed E-state index contributed by atoms with van der Waals surface area (Å²) in [6.07, 6.45) is 1.94. The molecule has 0 amide bonds. The Hall–Kier alpha value is -2.25. The van der Waals surface area contributed by atoms with E-state index in [2.05, 4.69) is 11.6 Å². The van der Waals surface area contributed by atoms with Gasteiger partial charge in [0.1, 0.15) is 0 Å². The molecule has 152 valence electrons. The average molecular weight is 425 g/mol. The van der Waals surface area contributed by atoms with Crippen LogP contribution in [0.3, 0.4) is 0 Å². The Labute approximate surface area is 171 Å². The smallest absolute Gasteiger partial charge is 0.337 e. The second-order valence-electron chi connectivity index (χ2n) is 6.44. The molecule has 0 aliphatic rings. The maximum absolute atomic E-state index is 12.7. The zero-order valence-electron chi connectivity index (χ0n) is 16.2. The number of unbranched alkanes of at least 4 members (excludes halogenated alkanes) is 1. The van der Waals surface area contributed by atoms with Crippen molar-refractivity contribution in [1.29, 1.82) is 0 Å². The highest BCUT2D eigenvalue weighted by Crippen LogP contribution is 2.28. The molecular formula is C20H25ClN2O4S. The van der Waals surface area contributed by atoms with E-state index in [1.165, 1.54) is 12.1 Å². The van der Waals surface area contributed by atoms with Crippen molar-refractivity contribution in [2.75, 3.05) is 22.7 Å². The van der Waals surface area contributed by atoms with Crippen LogP contribution in [0.1, 0.15) is 42.6 Å². The fourth-order valence-corrected chi connectivity index (χ4v) is 4.48. The van der Waals surface area contributed by atoms with Gasteiger partial charge in [-0.15, -0.1) is 0 Å². The molecule has 6 nitrogen and oxygen atoms in total. The Kier molecular flexibility index (Phi) is 7.32. The van der Waals surface area contributed by atoms with Crippen LogP contribution in [0.2, 0.25) is 5.02 Å². The highest BCUT2D eigenvalue weighted by Gasteiger charge is 2.21. The largest absolute Gasteiger partial charge is 0.478 e. The van der Waals surface area contributed by atoms with Crippen molar-refractivity contribution in [2.45, 2.75) is 38.5 Å². The summed E-state index contributed by atoms with van der Waals surface area (Å²) in [6, 6.07) is 9.20. The van der Waals surface area contributed by atoms with E-state index in [4.69, 9.17) is 11.6 Å². The Morgan fingerprint density at radius 2 is 1.93 bits per heavy atom. The standard InChI is InChI=1S/C20H25ClN2O4S/c1-4-6-12-23(5-2)18-11-10-15(13-16(18)20(24)25)22-28(26,27)19-9-7-8-17(21)14(19)3/h7-11,13,22H,4-6,12H2,1-3H3,(H,24,25). The van der Waals surface area contributed by atoms with Crippen molar-refractivity contribution in [3.8, 4) is 0 Å². The van der Waals surface area contributed by atoms with Crippen molar-refractivity contribution in [2.24, 2.45) is 0 Å². The SMILES string of the molecule is CCCCN(CC)c1ccc(NS(=O)(=O)c2cccc(Cl)c2C)cc1C(=O)O. The van der Waals surface area contributed by atoms with Crippen molar-refractivity contribution in [1.82, 2.24) is 0 Å². The van der Waals surface area contributed by atoms with Crippen LogP contribution in [0.5, 0.6) is 0 Å². The van der Waals surface area contributed by atoms with E-state index in [1.807, 2.05) is 11.8 Å². The summed E-state index contributed by atoms with van der Waals surface area (Å²) in [5.74, 6) is -1.11. The first kappa shape index (κ1) is 22.0. The monoisotopic (exact) mass is 424 g/mol. The van der Waals surface area contributed by atoms with E-state index >= 15 is 0 Å². The lowest BCUT2D eigenvalue weighted by molar-refractivity contribution is 0.0697. The molecule has 0 aliphatic carbocycles. The Morgan fingerprint density at radius 3 is 2.54 bits per heavy atom. The van der Waals surface area contributed by atoms with Gasteiger partial charge in [0.2, 0.25) is 0 Å². The molecule has 0 saturated carbocycles. The summed E-state index contributed by atoms with van der Waals surface area (Å²) < 4.78 is 27.9. The lowest BCUT2D eigenvalue weighted by Gasteiger charge is -2.25. The number of benzene rings is 2. The summed E-state index contributed by atoms with van der Waals surface area (Å²) in [4.78, 5) is 13.8. The van der Waals surface area contributed by atoms with Crippen molar-refractivity contribution >= 4 is 39.0 Å². The number of rotatable bonds is 9. The third-order valence-electron chi connectivity index (χ3n) is 4.49. The van der Waals surface area contributed by atoms with Crippen molar-refractivity contribution in [3.63, 3.8) is 0 Å². The number of hydrogen-bond acceptors (Lipinski definition) is 4. The Morgan fingerprint density at radius 1 is 1.21 bits per heavy atom. The van der Waals surface area contributed by atoms with Gasteiger partial charge in [-0.3, -0.25) is 4.72 Å². The normalized spacial score (nSPS) is 11.3. The van der Waals surface area contributed by atoms with Gasteiger partial charge in [-0.25, -0.2) is 13.2 Å². The van der Waals surface area contributed by atoms with Crippen LogP contribution in [0.15, 0.2) is 41.3 Å². The first-order valence-corrected chi connectivity index (χ1v) is 11.0. The Balaban J connectivity index is 2.41. The van der Waals surface area contributed by atoms with Gasteiger partial charge in [-0.2, -0.15) is 0 Å². The summed E-state index contributed by atoms with van der Waals surface area (Å²) >= 11 is 6.03. The number of aromatic carboxylic acids is 1. The number of carboxylic acids is 1. The minimum Gasteiger partial charge on any atom is -0.478 e. The minimum absolute atomic E-state index is 0.0547. The number of nitrogens with one attached hydrogen (secondary N) is 1. The van der Waals surface area contributed by atoms with E-state index in [1.54, 1.807) is 31.2 Å². The van der Waals surface area contributed by atoms with Crippen LogP contribution < -0.4 is 9.62 Å². The maximum atomic E-state index is 12.7. The van der Waals surface area contributed by atoms with E-state index in [9.17, 15) is 18.3 Å². The molecule has 0 saturated heterocycles. The van der Waals surface area contributed by atoms with Gasteiger partial charge >= 0.3 is 5.97 Å². The molecule has 0 atom stereocenters. The predicted molar refractivity (Wildman–Crippen MR) is 113 cm³/mol. The van der Waals surface area contributed by atoms with Crippen LogP contribution in [0.4, 0.5) is 11.4 Å². The predicted octanol–water partition coefficient (Wildman–Crippen LogP) is 4.77. The third-order valence-corrected chi connectivity index (χ3v) is 6.43. The molecule has 0 radical (unpaired) electrons. The second kappa shape index (κ2) is 9.30. The number of anilines is 2. The number of nitrogens with zero attached hydrogens (tertiary/aromatic N) is 1. The summed E-state index contributed by atoms with van der Waals surface area (Å²) in [7, 11) is -3.90. The lowest BCUT2D eigenvalue weighted by Crippen LogP contribution is -2.26. The van der Waals surface area contributed by atoms with E-state index in [0.717, 1.165) is 19.4 Å². The van der Waals surface area contributed by atoms with Crippen LogP contribution in [-0.4, -0.2) is 32.6 Å². The molecule has 0 bridgehead atoms. The molecule has 0 aliphatic heterocycles. The molecule has 0 aromatic heterocycles. The van der Waals surface area contributed by atoms with Crippen LogP contribution in [0, 0.1) is 6.92 Å². The van der Waals surface area contributed by atoms with E-state index < -0.39 is 16.0 Å². The molecule has 0 spiro atoms. The lowest BCUT2D eigenvalue weighted by atomic mass is 10.1. The maximum Gasteiger partial charge on any atom is 0.337 e. The molecule has 2 aromatic rings. The average Bonchev–Trinajstić information content (AvgIpc) is 2.64. The number of hydrogen-bond donors (Lipinski definition) is 2. The Bertz CT molecular complexity index is 961. The molecule has 2 rings (SSSR count). The zero-order chi connectivity index (χ0) is 20.9. The number of halogens is 1. The number of carboxylic acid groups (broad SMARTS) is 1. The first-order valence-electron chi connectivity index (χ1n) is 9.11. The molecular weight excluding hydrogens is 400 g/mol. The topological polar surface area (TPSA) is 86.7 Å². The van der Waals surface area contributed by atoms with Gasteiger partial charge in [-0.05, 0) is 56.2 Å². The van der Waals surface area contributed by atoms with Gasteiger partial charge in [-0.1, -0.05) is 31.0 Å². The molecule has 2 aromatic carbocycles. The molecule has 0 fully saturated rings. The number of sulfonamides is 1. The van der Waals surface area contributed by atoms with Crippen LogP contribution in [0.25, 0.3) is 0 Å². The molecule has 2 N–H and O–H groups in total. The quantitative estimate of drug-likeness (QED) is 0.605. The van der Waals surface area contributed by atoms with Crippen molar-refractivity contribution < 1.29 is 18.3 Å². The van der Waals surface area contributed by atoms with Crippen molar-refractivity contribution in [3.05, 3.63) is 52.5 Å². The summed E-state index contributed by atoms with van der Waals surface area (Å²) in [5, 5.41) is 9.98. The second-order valence-corrected chi connectivity index (χ2v) is 8.50. The molecule has 28 heavy (non-hydrogen) atoms. The fourth-order valence-electron chi connectivity index (χ4n) is 2.93. The number of carbonyl (C=O) groups is 1. The minimum atomic E-state index is -3.90. The van der Waals surface area contributed by atoms with Gasteiger partial charge in [0.05, 0.1) is 16.1 Å². The molecule has 0 unspecified atom stereocenters. The van der Waals surface area contributed by atoms with Crippen LogP contribution >= 0.6 is 11.6 Å². The van der Waals surface area contributed by atoms with Gasteiger partial charge in [0.15, 0.2) is 0 Å². The van der Waals surface area contributed by atoms with Gasteiger partial charge in [0, 0.05) is 23.8 Å².